The van der Waals surface area contributed by atoms with Crippen LogP contribution >= 0.6 is 0 Å². The lowest BCUT2D eigenvalue weighted by molar-refractivity contribution is -0.136. The summed E-state index contributed by atoms with van der Waals surface area (Å²) in [6, 6.07) is 8.52. The van der Waals surface area contributed by atoms with Crippen molar-refractivity contribution in [3.63, 3.8) is 0 Å². The number of rotatable bonds is 5. The lowest BCUT2D eigenvalue weighted by atomic mass is 9.48. The zero-order chi connectivity index (χ0) is 27.2. The van der Waals surface area contributed by atoms with Crippen LogP contribution < -0.4 is 4.90 Å². The molecule has 1 aromatic rings. The number of ketones is 2. The molecule has 6 heteroatoms. The van der Waals surface area contributed by atoms with E-state index >= 15 is 4.39 Å². The molecule has 2 fully saturated rings. The molecule has 1 aromatic carbocycles. The minimum absolute atomic E-state index is 0.00214. The predicted molar refractivity (Wildman–Crippen MR) is 145 cm³/mol. The number of aliphatic hydroxyl groups excluding tert-OH is 1. The number of benzene rings is 1. The predicted octanol–water partition coefficient (Wildman–Crippen LogP) is 4.80. The SMILES string of the molecule is COCC(=O)[C@@]1(C#CCO)CC[C@H]2[C@@H]3CC(F)C4=CC(=O)CCC4=C3[C@@H](c3ccc(N(C)C)cc3)C[C@@]21C. The van der Waals surface area contributed by atoms with Gasteiger partial charge in [-0.2, -0.15) is 0 Å². The first-order valence-corrected chi connectivity index (χ1v) is 13.7. The molecule has 5 nitrogen and oxygen atoms in total. The molecule has 0 aliphatic heterocycles. The highest BCUT2D eigenvalue weighted by atomic mass is 19.1. The van der Waals surface area contributed by atoms with Crippen LogP contribution in [-0.4, -0.2) is 57.3 Å². The summed E-state index contributed by atoms with van der Waals surface area (Å²) in [4.78, 5) is 28.1. The number of methoxy groups -OCH3 is 1. The molecule has 6 atom stereocenters. The first-order chi connectivity index (χ1) is 18.2. The van der Waals surface area contributed by atoms with Crippen LogP contribution in [0.3, 0.4) is 0 Å². The van der Waals surface area contributed by atoms with Crippen LogP contribution in [0.1, 0.15) is 56.9 Å². The first kappa shape index (κ1) is 26.8. The van der Waals surface area contributed by atoms with Crippen molar-refractivity contribution >= 4 is 17.3 Å². The van der Waals surface area contributed by atoms with E-state index in [1.165, 1.54) is 12.7 Å². The smallest absolute Gasteiger partial charge is 0.176 e. The molecule has 0 bridgehead atoms. The standard InChI is InChI=1S/C32H38FNO4/c1-31-18-26(20-6-8-21(9-7-20)34(2)3)30-23-11-10-22(36)16-24(23)28(33)17-25(30)27(31)12-14-32(31,13-5-15-35)29(37)19-38-4/h6-9,16,25-28,35H,10-12,14-15,17-19H2,1-4H3/t25-,26+,27-,28?,31-,32+/m0/s1. The maximum absolute atomic E-state index is 15.8. The quantitative estimate of drug-likeness (QED) is 0.567. The highest BCUT2D eigenvalue weighted by Crippen LogP contribution is 2.69. The second-order valence-corrected chi connectivity index (χ2v) is 11.8. The lowest BCUT2D eigenvalue weighted by Crippen LogP contribution is -2.52. The zero-order valence-electron chi connectivity index (χ0n) is 22.9. The second-order valence-electron chi connectivity index (χ2n) is 11.8. The van der Waals surface area contributed by atoms with Gasteiger partial charge in [0.15, 0.2) is 11.6 Å². The van der Waals surface area contributed by atoms with Gasteiger partial charge in [0, 0.05) is 39.2 Å². The Labute approximate surface area is 225 Å². The van der Waals surface area contributed by atoms with Gasteiger partial charge in [0.2, 0.25) is 0 Å². The molecule has 0 saturated heterocycles. The third-order valence-corrected chi connectivity index (χ3v) is 9.89. The van der Waals surface area contributed by atoms with Crippen molar-refractivity contribution in [1.82, 2.24) is 0 Å². The normalized spacial score (nSPS) is 33.9. The van der Waals surface area contributed by atoms with E-state index in [-0.39, 0.29) is 42.5 Å². The van der Waals surface area contributed by atoms with Crippen LogP contribution in [0.4, 0.5) is 10.1 Å². The summed E-state index contributed by atoms with van der Waals surface area (Å²) in [7, 11) is 5.54. The largest absolute Gasteiger partial charge is 0.384 e. The average Bonchev–Trinajstić information content (AvgIpc) is 3.20. The summed E-state index contributed by atoms with van der Waals surface area (Å²) < 4.78 is 21.1. The molecule has 0 spiro atoms. The summed E-state index contributed by atoms with van der Waals surface area (Å²) in [6.45, 7) is 1.81. The summed E-state index contributed by atoms with van der Waals surface area (Å²) in [5.41, 5.74) is 3.63. The third-order valence-electron chi connectivity index (χ3n) is 9.89. The molecule has 2 saturated carbocycles. The van der Waals surface area contributed by atoms with E-state index < -0.39 is 17.0 Å². The molecule has 4 aliphatic rings. The molecule has 202 valence electrons. The van der Waals surface area contributed by atoms with Crippen molar-refractivity contribution in [2.45, 2.75) is 57.5 Å². The molecule has 38 heavy (non-hydrogen) atoms. The molecule has 0 radical (unpaired) electrons. The number of Topliss-reactive ketones (excluding diaryl/α,β-unsaturated/α-hetero) is 1. The van der Waals surface area contributed by atoms with E-state index in [4.69, 9.17) is 4.74 Å². The molecule has 0 amide bonds. The third kappa shape index (κ3) is 4.06. The molecule has 0 aromatic heterocycles. The fourth-order valence-corrected chi connectivity index (χ4v) is 8.14. The Balaban J connectivity index is 1.71. The Bertz CT molecular complexity index is 1250. The lowest BCUT2D eigenvalue weighted by Gasteiger charge is -2.55. The van der Waals surface area contributed by atoms with Crippen molar-refractivity contribution in [2.75, 3.05) is 39.3 Å². The summed E-state index contributed by atoms with van der Waals surface area (Å²) >= 11 is 0. The van der Waals surface area contributed by atoms with E-state index in [0.29, 0.717) is 37.7 Å². The number of ether oxygens (including phenoxy) is 1. The van der Waals surface area contributed by atoms with Gasteiger partial charge in [-0.15, -0.1) is 0 Å². The number of allylic oxidation sites excluding steroid dienone is 4. The Kier molecular flexibility index (Phi) is 7.13. The highest BCUT2D eigenvalue weighted by Gasteiger charge is 2.66. The van der Waals surface area contributed by atoms with Crippen molar-refractivity contribution in [2.24, 2.45) is 22.7 Å². The Morgan fingerprint density at radius 1 is 1.24 bits per heavy atom. The number of fused-ring (bicyclic) bond motifs is 4. The Morgan fingerprint density at radius 3 is 2.63 bits per heavy atom. The fourth-order valence-electron chi connectivity index (χ4n) is 8.14. The van der Waals surface area contributed by atoms with Gasteiger partial charge in [-0.25, -0.2) is 4.39 Å². The van der Waals surface area contributed by atoms with E-state index in [1.807, 2.05) is 14.1 Å². The van der Waals surface area contributed by atoms with Gasteiger partial charge < -0.3 is 14.7 Å². The molecule has 5 rings (SSSR count). The number of nitrogens with zero attached hydrogens (tertiary/aromatic N) is 1. The highest BCUT2D eigenvalue weighted by molar-refractivity contribution is 5.93. The Hall–Kier alpha value is -2.75. The van der Waals surface area contributed by atoms with Crippen LogP contribution in [0.5, 0.6) is 0 Å². The van der Waals surface area contributed by atoms with Crippen molar-refractivity contribution in [3.05, 3.63) is 52.6 Å². The maximum atomic E-state index is 15.8. The van der Waals surface area contributed by atoms with E-state index in [9.17, 15) is 14.7 Å². The van der Waals surface area contributed by atoms with E-state index in [1.54, 1.807) is 6.08 Å². The number of carbonyl (C=O) groups excluding carboxylic acids is 2. The Morgan fingerprint density at radius 2 is 1.97 bits per heavy atom. The van der Waals surface area contributed by atoms with Gasteiger partial charge in [-0.1, -0.05) is 36.5 Å². The van der Waals surface area contributed by atoms with Crippen molar-refractivity contribution in [1.29, 1.82) is 0 Å². The van der Waals surface area contributed by atoms with Gasteiger partial charge in [-0.05, 0) is 84.3 Å². The fraction of sp³-hybridized carbons (Fsp3) is 0.562. The topological polar surface area (TPSA) is 66.8 Å². The van der Waals surface area contributed by atoms with Crippen LogP contribution in [0.2, 0.25) is 0 Å². The zero-order valence-corrected chi connectivity index (χ0v) is 22.9. The second kappa shape index (κ2) is 10.1. The van der Waals surface area contributed by atoms with Crippen LogP contribution in [-0.2, 0) is 14.3 Å². The van der Waals surface area contributed by atoms with Crippen LogP contribution in [0, 0.1) is 34.5 Å². The number of alkyl halides is 1. The summed E-state index contributed by atoms with van der Waals surface area (Å²) in [5.74, 6) is 6.04. The van der Waals surface area contributed by atoms with Crippen molar-refractivity contribution in [3.8, 4) is 11.8 Å². The number of aliphatic hydroxyl groups is 1. The first-order valence-electron chi connectivity index (χ1n) is 13.7. The average molecular weight is 520 g/mol. The molecular formula is C32H38FNO4. The number of hydrogen-bond donors (Lipinski definition) is 1. The summed E-state index contributed by atoms with van der Waals surface area (Å²) in [5, 5.41) is 9.60. The van der Waals surface area contributed by atoms with E-state index in [2.05, 4.69) is 47.9 Å². The van der Waals surface area contributed by atoms with Crippen LogP contribution in [0.25, 0.3) is 0 Å². The molecule has 4 aliphatic carbocycles. The molecule has 1 N–H and O–H groups in total. The number of anilines is 1. The minimum Gasteiger partial charge on any atom is -0.384 e. The van der Waals surface area contributed by atoms with Gasteiger partial charge in [-0.3, -0.25) is 9.59 Å². The van der Waals surface area contributed by atoms with Crippen molar-refractivity contribution < 1.29 is 23.8 Å². The molecule has 0 heterocycles. The van der Waals surface area contributed by atoms with Crippen LogP contribution in [0.15, 0.2) is 47.1 Å². The summed E-state index contributed by atoms with van der Waals surface area (Å²) in [6.07, 6.45) is 3.71. The number of carbonyl (C=O) groups is 2. The van der Waals surface area contributed by atoms with Gasteiger partial charge in [0.1, 0.15) is 19.4 Å². The van der Waals surface area contributed by atoms with E-state index in [0.717, 1.165) is 23.2 Å². The maximum Gasteiger partial charge on any atom is 0.176 e. The van der Waals surface area contributed by atoms with Gasteiger partial charge in [0.25, 0.3) is 0 Å². The monoisotopic (exact) mass is 519 g/mol. The number of hydrogen-bond acceptors (Lipinski definition) is 5. The van der Waals surface area contributed by atoms with Gasteiger partial charge >= 0.3 is 0 Å². The van der Waals surface area contributed by atoms with Gasteiger partial charge in [0.05, 0.1) is 5.41 Å². The minimum atomic E-state index is -1.18. The molecule has 1 unspecified atom stereocenters. The number of halogens is 1. The molecular weight excluding hydrogens is 481 g/mol.